The van der Waals surface area contributed by atoms with Gasteiger partial charge in [-0.3, -0.25) is 0 Å². The highest BCUT2D eigenvalue weighted by atomic mass is 16.5. The molecule has 0 aromatic carbocycles. The molecule has 3 heterocycles. The molecule has 3 rings (SSSR count). The van der Waals surface area contributed by atoms with Crippen LogP contribution in [0.25, 0.3) is 5.52 Å². The van der Waals surface area contributed by atoms with Crippen LogP contribution < -0.4 is 4.74 Å². The largest absolute Gasteiger partial charge is 0.495 e. The number of fused-ring (bicyclic) bond motifs is 1. The van der Waals surface area contributed by atoms with Gasteiger partial charge < -0.3 is 14.7 Å². The summed E-state index contributed by atoms with van der Waals surface area (Å²) in [5.41, 5.74) is 2.19. The first kappa shape index (κ1) is 13.4. The van der Waals surface area contributed by atoms with Gasteiger partial charge in [0.05, 0.1) is 30.6 Å². The SMILES string of the molecule is COc1cn2ncc(C)c2cc1C1(O)CCN(C)CC1. The van der Waals surface area contributed by atoms with Gasteiger partial charge in [0.1, 0.15) is 5.75 Å². The summed E-state index contributed by atoms with van der Waals surface area (Å²) in [5, 5.41) is 15.3. The number of aromatic nitrogens is 2. The third-order valence-corrected chi connectivity index (χ3v) is 4.35. The first-order chi connectivity index (χ1) is 9.53. The first-order valence-electron chi connectivity index (χ1n) is 6.97. The van der Waals surface area contributed by atoms with Crippen molar-refractivity contribution in [3.8, 4) is 5.75 Å². The number of piperidine rings is 1. The molecule has 5 heteroatoms. The van der Waals surface area contributed by atoms with Gasteiger partial charge in [-0.2, -0.15) is 5.10 Å². The quantitative estimate of drug-likeness (QED) is 0.904. The molecule has 5 nitrogen and oxygen atoms in total. The maximum atomic E-state index is 11.0. The summed E-state index contributed by atoms with van der Waals surface area (Å²) in [4.78, 5) is 2.24. The zero-order chi connectivity index (χ0) is 14.3. The molecule has 1 N–H and O–H groups in total. The van der Waals surface area contributed by atoms with Crippen molar-refractivity contribution in [2.45, 2.75) is 25.4 Å². The molecule has 0 spiro atoms. The number of methoxy groups -OCH3 is 1. The molecule has 0 radical (unpaired) electrons. The van der Waals surface area contributed by atoms with Gasteiger partial charge in [-0.15, -0.1) is 0 Å². The minimum Gasteiger partial charge on any atom is -0.495 e. The summed E-state index contributed by atoms with van der Waals surface area (Å²) in [7, 11) is 3.72. The van der Waals surface area contributed by atoms with Crippen molar-refractivity contribution in [2.24, 2.45) is 0 Å². The predicted molar refractivity (Wildman–Crippen MR) is 77.1 cm³/mol. The smallest absolute Gasteiger partial charge is 0.143 e. The lowest BCUT2D eigenvalue weighted by Crippen LogP contribution is -2.41. The van der Waals surface area contributed by atoms with Gasteiger partial charge in [0.15, 0.2) is 0 Å². The van der Waals surface area contributed by atoms with Crippen LogP contribution in [-0.2, 0) is 5.60 Å². The van der Waals surface area contributed by atoms with Crippen LogP contribution in [0.3, 0.4) is 0 Å². The van der Waals surface area contributed by atoms with Crippen molar-refractivity contribution in [3.63, 3.8) is 0 Å². The van der Waals surface area contributed by atoms with E-state index in [1.807, 2.05) is 25.4 Å². The molecular weight excluding hydrogens is 254 g/mol. The van der Waals surface area contributed by atoms with E-state index in [9.17, 15) is 5.11 Å². The van der Waals surface area contributed by atoms with Crippen molar-refractivity contribution >= 4 is 5.52 Å². The topological polar surface area (TPSA) is 50.0 Å². The van der Waals surface area contributed by atoms with Crippen LogP contribution in [0, 0.1) is 6.92 Å². The molecule has 2 aromatic heterocycles. The summed E-state index contributed by atoms with van der Waals surface area (Å²) < 4.78 is 7.28. The van der Waals surface area contributed by atoms with E-state index in [1.54, 1.807) is 11.6 Å². The van der Waals surface area contributed by atoms with Gasteiger partial charge in [-0.25, -0.2) is 4.52 Å². The van der Waals surface area contributed by atoms with Crippen LogP contribution in [0.5, 0.6) is 5.75 Å². The van der Waals surface area contributed by atoms with Crippen LogP contribution in [0.15, 0.2) is 18.5 Å². The number of aliphatic hydroxyl groups is 1. The van der Waals surface area contributed by atoms with E-state index in [2.05, 4.69) is 17.0 Å². The average molecular weight is 275 g/mol. The molecule has 108 valence electrons. The maximum Gasteiger partial charge on any atom is 0.143 e. The Labute approximate surface area is 118 Å². The van der Waals surface area contributed by atoms with Crippen LogP contribution in [0.1, 0.15) is 24.0 Å². The number of nitrogens with zero attached hydrogens (tertiary/aromatic N) is 3. The molecule has 2 aromatic rings. The Morgan fingerprint density at radius 1 is 1.35 bits per heavy atom. The van der Waals surface area contributed by atoms with Gasteiger partial charge in [-0.1, -0.05) is 0 Å². The second kappa shape index (κ2) is 4.75. The van der Waals surface area contributed by atoms with Crippen LogP contribution in [0.4, 0.5) is 0 Å². The van der Waals surface area contributed by atoms with Crippen molar-refractivity contribution in [1.29, 1.82) is 0 Å². The molecule has 1 aliphatic heterocycles. The Morgan fingerprint density at radius 2 is 2.05 bits per heavy atom. The Hall–Kier alpha value is -1.59. The first-order valence-corrected chi connectivity index (χ1v) is 6.97. The summed E-state index contributed by atoms with van der Waals surface area (Å²) in [6, 6.07) is 2.02. The third-order valence-electron chi connectivity index (χ3n) is 4.35. The molecule has 0 unspecified atom stereocenters. The predicted octanol–water partition coefficient (Wildman–Crippen LogP) is 1.56. The average Bonchev–Trinajstić information content (AvgIpc) is 2.82. The molecular formula is C15H21N3O2. The molecule has 0 bridgehead atoms. The zero-order valence-electron chi connectivity index (χ0n) is 12.3. The lowest BCUT2D eigenvalue weighted by Gasteiger charge is -2.37. The molecule has 0 amide bonds. The summed E-state index contributed by atoms with van der Waals surface area (Å²) in [5.74, 6) is 0.702. The molecule has 1 aliphatic rings. The van der Waals surface area contributed by atoms with Crippen molar-refractivity contribution in [3.05, 3.63) is 29.6 Å². The summed E-state index contributed by atoms with van der Waals surface area (Å²) in [6.07, 6.45) is 5.14. The number of aryl methyl sites for hydroxylation is 1. The highest BCUT2D eigenvalue weighted by Gasteiger charge is 2.36. The molecule has 1 saturated heterocycles. The Morgan fingerprint density at radius 3 is 2.70 bits per heavy atom. The molecule has 20 heavy (non-hydrogen) atoms. The lowest BCUT2D eigenvalue weighted by atomic mass is 9.84. The van der Waals surface area contributed by atoms with E-state index in [4.69, 9.17) is 4.74 Å². The van der Waals surface area contributed by atoms with Crippen LogP contribution in [0.2, 0.25) is 0 Å². The minimum absolute atomic E-state index is 0.702. The highest BCUT2D eigenvalue weighted by Crippen LogP contribution is 2.38. The van der Waals surface area contributed by atoms with Gasteiger partial charge in [0.2, 0.25) is 0 Å². The number of pyridine rings is 1. The van der Waals surface area contributed by atoms with Crippen molar-refractivity contribution < 1.29 is 9.84 Å². The monoisotopic (exact) mass is 275 g/mol. The van der Waals surface area contributed by atoms with Crippen molar-refractivity contribution in [2.75, 3.05) is 27.2 Å². The van der Waals surface area contributed by atoms with E-state index in [1.165, 1.54) is 0 Å². The van der Waals surface area contributed by atoms with E-state index in [0.717, 1.165) is 42.6 Å². The standard InChI is InChI=1S/C15H21N3O2/c1-11-9-16-18-10-14(20-3)12(8-13(11)18)15(19)4-6-17(2)7-5-15/h8-10,19H,4-7H2,1-3H3. The number of hydrogen-bond acceptors (Lipinski definition) is 4. The minimum atomic E-state index is -0.809. The van der Waals surface area contributed by atoms with Gasteiger partial charge in [0, 0.05) is 18.7 Å². The zero-order valence-corrected chi connectivity index (χ0v) is 12.3. The molecule has 0 saturated carbocycles. The number of likely N-dealkylation sites (tertiary alicyclic amines) is 1. The van der Waals surface area contributed by atoms with E-state index < -0.39 is 5.60 Å². The van der Waals surface area contributed by atoms with E-state index in [0.29, 0.717) is 5.75 Å². The Bertz CT molecular complexity index is 627. The van der Waals surface area contributed by atoms with Gasteiger partial charge >= 0.3 is 0 Å². The molecule has 0 aliphatic carbocycles. The maximum absolute atomic E-state index is 11.0. The van der Waals surface area contributed by atoms with Crippen molar-refractivity contribution in [1.82, 2.24) is 14.5 Å². The normalized spacial score (nSPS) is 19.4. The summed E-state index contributed by atoms with van der Waals surface area (Å²) >= 11 is 0. The van der Waals surface area contributed by atoms with E-state index in [-0.39, 0.29) is 0 Å². The lowest BCUT2D eigenvalue weighted by molar-refractivity contribution is -0.0219. The second-order valence-corrected chi connectivity index (χ2v) is 5.75. The fourth-order valence-corrected chi connectivity index (χ4v) is 2.91. The number of ether oxygens (including phenoxy) is 1. The third kappa shape index (κ3) is 2.07. The van der Waals surface area contributed by atoms with Crippen LogP contribution >= 0.6 is 0 Å². The van der Waals surface area contributed by atoms with E-state index >= 15 is 0 Å². The summed E-state index contributed by atoms with van der Waals surface area (Å²) in [6.45, 7) is 3.81. The number of hydrogen-bond donors (Lipinski definition) is 1. The Kier molecular flexibility index (Phi) is 3.18. The molecule has 0 atom stereocenters. The van der Waals surface area contributed by atoms with Gasteiger partial charge in [0.25, 0.3) is 0 Å². The molecule has 1 fully saturated rings. The fraction of sp³-hybridized carbons (Fsp3) is 0.533. The van der Waals surface area contributed by atoms with Gasteiger partial charge in [-0.05, 0) is 38.4 Å². The highest BCUT2D eigenvalue weighted by molar-refractivity contribution is 5.58. The van der Waals surface area contributed by atoms with Crippen LogP contribution in [-0.4, -0.2) is 46.9 Å². The second-order valence-electron chi connectivity index (χ2n) is 5.75. The fourth-order valence-electron chi connectivity index (χ4n) is 2.91. The number of rotatable bonds is 2. The Balaban J connectivity index is 2.11.